The van der Waals surface area contributed by atoms with Crippen molar-refractivity contribution >= 4 is 17.3 Å². The Bertz CT molecular complexity index is 555. The number of ether oxygens (including phenoxy) is 1. The molecule has 0 amide bonds. The summed E-state index contributed by atoms with van der Waals surface area (Å²) in [5.74, 6) is 0.584. The van der Waals surface area contributed by atoms with Crippen LogP contribution in [0.2, 0.25) is 5.02 Å². The molecule has 19 heavy (non-hydrogen) atoms. The Hall–Kier alpha value is -1.87. The Morgan fingerprint density at radius 3 is 2.42 bits per heavy atom. The van der Waals surface area contributed by atoms with Crippen molar-refractivity contribution in [3.05, 3.63) is 53.1 Å². The predicted octanol–water partition coefficient (Wildman–Crippen LogP) is 4.23. The Balaban J connectivity index is 2.12. The van der Waals surface area contributed by atoms with E-state index < -0.39 is 0 Å². The molecule has 4 heteroatoms. The molecule has 2 N–H and O–H groups in total. The van der Waals surface area contributed by atoms with Crippen molar-refractivity contribution in [1.82, 2.24) is 0 Å². The number of halogens is 1. The zero-order valence-corrected chi connectivity index (χ0v) is 11.6. The average molecular weight is 278 g/mol. The van der Waals surface area contributed by atoms with Crippen molar-refractivity contribution in [2.24, 2.45) is 0 Å². The summed E-state index contributed by atoms with van der Waals surface area (Å²) in [7, 11) is 1.53. The van der Waals surface area contributed by atoms with Crippen LogP contribution in [0.3, 0.4) is 0 Å². The number of methoxy groups -OCH3 is 1. The molecule has 1 atom stereocenters. The van der Waals surface area contributed by atoms with E-state index in [1.807, 2.05) is 37.3 Å². The van der Waals surface area contributed by atoms with Gasteiger partial charge in [-0.15, -0.1) is 0 Å². The molecule has 2 aromatic carbocycles. The second-order valence-electron chi connectivity index (χ2n) is 4.30. The van der Waals surface area contributed by atoms with Gasteiger partial charge in [-0.3, -0.25) is 0 Å². The van der Waals surface area contributed by atoms with Gasteiger partial charge in [0.1, 0.15) is 0 Å². The van der Waals surface area contributed by atoms with E-state index >= 15 is 0 Å². The van der Waals surface area contributed by atoms with E-state index in [0.29, 0.717) is 5.75 Å². The van der Waals surface area contributed by atoms with Crippen LogP contribution in [0.25, 0.3) is 0 Å². The first-order valence-electron chi connectivity index (χ1n) is 5.99. The first kappa shape index (κ1) is 13.6. The van der Waals surface area contributed by atoms with Gasteiger partial charge in [0.25, 0.3) is 0 Å². The van der Waals surface area contributed by atoms with Crippen LogP contribution < -0.4 is 10.1 Å². The molecule has 2 rings (SSSR count). The molecule has 0 aromatic heterocycles. The van der Waals surface area contributed by atoms with Gasteiger partial charge in [0, 0.05) is 22.8 Å². The number of phenolic OH excluding ortho intramolecular Hbond substituents is 1. The number of phenols is 1. The highest BCUT2D eigenvalue weighted by Crippen LogP contribution is 2.30. The highest BCUT2D eigenvalue weighted by molar-refractivity contribution is 6.30. The Labute approximate surface area is 117 Å². The lowest BCUT2D eigenvalue weighted by Crippen LogP contribution is -2.06. The highest BCUT2D eigenvalue weighted by Gasteiger charge is 2.07. The average Bonchev–Trinajstić information content (AvgIpc) is 2.39. The summed E-state index contributed by atoms with van der Waals surface area (Å²) in [4.78, 5) is 0. The summed E-state index contributed by atoms with van der Waals surface area (Å²) in [5, 5.41) is 13.8. The minimum absolute atomic E-state index is 0.116. The van der Waals surface area contributed by atoms with E-state index in [1.165, 1.54) is 7.11 Å². The third kappa shape index (κ3) is 3.32. The van der Waals surface area contributed by atoms with Crippen LogP contribution in [0.4, 0.5) is 5.69 Å². The van der Waals surface area contributed by atoms with Gasteiger partial charge in [-0.25, -0.2) is 0 Å². The number of hydrogen-bond donors (Lipinski definition) is 2. The summed E-state index contributed by atoms with van der Waals surface area (Å²) in [6, 6.07) is 13.0. The number of nitrogens with one attached hydrogen (secondary N) is 1. The zero-order valence-electron chi connectivity index (χ0n) is 10.9. The van der Waals surface area contributed by atoms with Gasteiger partial charge in [0.2, 0.25) is 0 Å². The highest BCUT2D eigenvalue weighted by atomic mass is 35.5. The van der Waals surface area contributed by atoms with Crippen LogP contribution in [-0.4, -0.2) is 12.2 Å². The van der Waals surface area contributed by atoms with Gasteiger partial charge in [0.15, 0.2) is 11.5 Å². The van der Waals surface area contributed by atoms with Crippen molar-refractivity contribution in [2.75, 3.05) is 12.4 Å². The molecular weight excluding hydrogens is 262 g/mol. The second kappa shape index (κ2) is 5.85. The maximum Gasteiger partial charge on any atom is 0.160 e. The van der Waals surface area contributed by atoms with E-state index in [2.05, 4.69) is 5.32 Å². The zero-order chi connectivity index (χ0) is 13.8. The molecule has 0 bridgehead atoms. The molecule has 0 saturated carbocycles. The molecule has 0 fully saturated rings. The number of anilines is 1. The molecule has 0 radical (unpaired) electrons. The van der Waals surface area contributed by atoms with Gasteiger partial charge in [-0.1, -0.05) is 23.7 Å². The molecule has 0 heterocycles. The van der Waals surface area contributed by atoms with Crippen molar-refractivity contribution in [3.8, 4) is 11.5 Å². The number of rotatable bonds is 4. The normalized spacial score (nSPS) is 11.9. The lowest BCUT2D eigenvalue weighted by atomic mass is 10.1. The topological polar surface area (TPSA) is 41.5 Å². The van der Waals surface area contributed by atoms with E-state index in [0.717, 1.165) is 16.3 Å². The van der Waals surface area contributed by atoms with Crippen molar-refractivity contribution in [1.29, 1.82) is 0 Å². The maximum absolute atomic E-state index is 9.73. The fourth-order valence-electron chi connectivity index (χ4n) is 1.86. The fourth-order valence-corrected chi connectivity index (χ4v) is 1.99. The van der Waals surface area contributed by atoms with Crippen molar-refractivity contribution in [2.45, 2.75) is 13.0 Å². The third-order valence-electron chi connectivity index (χ3n) is 2.93. The van der Waals surface area contributed by atoms with Crippen LogP contribution in [-0.2, 0) is 0 Å². The van der Waals surface area contributed by atoms with E-state index in [9.17, 15) is 5.11 Å². The van der Waals surface area contributed by atoms with Crippen LogP contribution in [0.5, 0.6) is 11.5 Å². The minimum Gasteiger partial charge on any atom is -0.504 e. The minimum atomic E-state index is 0.116. The summed E-state index contributed by atoms with van der Waals surface area (Å²) >= 11 is 5.86. The van der Waals surface area contributed by atoms with Crippen LogP contribution in [0, 0.1) is 0 Å². The Morgan fingerprint density at radius 2 is 1.84 bits per heavy atom. The number of benzene rings is 2. The van der Waals surface area contributed by atoms with Crippen LogP contribution >= 0.6 is 11.6 Å². The summed E-state index contributed by atoms with van der Waals surface area (Å²) in [6.45, 7) is 2.05. The maximum atomic E-state index is 9.73. The number of aromatic hydroxyl groups is 1. The van der Waals surface area contributed by atoms with Crippen molar-refractivity contribution < 1.29 is 9.84 Å². The van der Waals surface area contributed by atoms with E-state index in [4.69, 9.17) is 16.3 Å². The van der Waals surface area contributed by atoms with E-state index in [-0.39, 0.29) is 11.8 Å². The molecule has 1 unspecified atom stereocenters. The van der Waals surface area contributed by atoms with Gasteiger partial charge in [-0.2, -0.15) is 0 Å². The molecule has 0 saturated heterocycles. The van der Waals surface area contributed by atoms with Gasteiger partial charge >= 0.3 is 0 Å². The monoisotopic (exact) mass is 277 g/mol. The fraction of sp³-hybridized carbons (Fsp3) is 0.200. The van der Waals surface area contributed by atoms with Crippen LogP contribution in [0.15, 0.2) is 42.5 Å². The van der Waals surface area contributed by atoms with Gasteiger partial charge in [0.05, 0.1) is 7.11 Å². The van der Waals surface area contributed by atoms with Crippen LogP contribution in [0.1, 0.15) is 18.5 Å². The predicted molar refractivity (Wildman–Crippen MR) is 78.1 cm³/mol. The lowest BCUT2D eigenvalue weighted by Gasteiger charge is -2.16. The molecule has 0 spiro atoms. The van der Waals surface area contributed by atoms with Crippen molar-refractivity contribution in [3.63, 3.8) is 0 Å². The van der Waals surface area contributed by atoms with Gasteiger partial charge in [-0.05, 0) is 36.8 Å². The summed E-state index contributed by atoms with van der Waals surface area (Å²) < 4.78 is 5.01. The molecule has 0 aliphatic carbocycles. The molecular formula is C15H16ClNO2. The second-order valence-corrected chi connectivity index (χ2v) is 4.74. The summed E-state index contributed by atoms with van der Waals surface area (Å²) in [6.07, 6.45) is 0. The SMILES string of the molecule is COc1ccc(NC(C)c2ccc(Cl)cc2)cc1O. The molecule has 0 aliphatic rings. The smallest absolute Gasteiger partial charge is 0.160 e. The standard InChI is InChI=1S/C15H16ClNO2/c1-10(11-3-5-12(16)6-4-11)17-13-7-8-15(19-2)14(18)9-13/h3-10,17-18H,1-2H3. The molecule has 100 valence electrons. The number of hydrogen-bond acceptors (Lipinski definition) is 3. The van der Waals surface area contributed by atoms with Gasteiger partial charge < -0.3 is 15.2 Å². The Kier molecular flexibility index (Phi) is 4.17. The molecule has 2 aromatic rings. The van der Waals surface area contributed by atoms with E-state index in [1.54, 1.807) is 12.1 Å². The lowest BCUT2D eigenvalue weighted by molar-refractivity contribution is 0.373. The first-order chi connectivity index (χ1) is 9.10. The largest absolute Gasteiger partial charge is 0.504 e. The third-order valence-corrected chi connectivity index (χ3v) is 3.18. The molecule has 0 aliphatic heterocycles. The first-order valence-corrected chi connectivity index (χ1v) is 6.37. The molecule has 3 nitrogen and oxygen atoms in total. The quantitative estimate of drug-likeness (QED) is 0.879. The Morgan fingerprint density at radius 1 is 1.16 bits per heavy atom. The summed E-state index contributed by atoms with van der Waals surface area (Å²) in [5.41, 5.74) is 1.96.